The molecule has 0 radical (unpaired) electrons. The smallest absolute Gasteiger partial charge is 0.274 e. The Kier molecular flexibility index (Phi) is 6.24. The van der Waals surface area contributed by atoms with E-state index in [2.05, 4.69) is 15.6 Å². The lowest BCUT2D eigenvalue weighted by molar-refractivity contribution is 0.0951. The predicted octanol–water partition coefficient (Wildman–Crippen LogP) is 3.93. The molecule has 0 bridgehead atoms. The molecule has 0 atom stereocenters. The SMILES string of the molecule is COc1ccc(NC(=O)c2cc(C(=O)NCc3ccc(Cl)cc3)ccn2)cc1. The molecule has 7 heteroatoms. The van der Waals surface area contributed by atoms with Gasteiger partial charge in [0.05, 0.1) is 7.11 Å². The minimum atomic E-state index is -0.405. The first kappa shape index (κ1) is 19.4. The van der Waals surface area contributed by atoms with Crippen LogP contribution in [0.5, 0.6) is 5.75 Å². The zero-order valence-electron chi connectivity index (χ0n) is 15.1. The number of hydrogen-bond donors (Lipinski definition) is 2. The largest absolute Gasteiger partial charge is 0.497 e. The summed E-state index contributed by atoms with van der Waals surface area (Å²) in [5.74, 6) is -0.0103. The zero-order chi connectivity index (χ0) is 19.9. The highest BCUT2D eigenvalue weighted by Crippen LogP contribution is 2.16. The Balaban J connectivity index is 1.64. The lowest BCUT2D eigenvalue weighted by Crippen LogP contribution is -2.23. The molecule has 0 saturated heterocycles. The first-order valence-corrected chi connectivity index (χ1v) is 8.87. The van der Waals surface area contributed by atoms with Gasteiger partial charge in [-0.2, -0.15) is 0 Å². The van der Waals surface area contributed by atoms with Gasteiger partial charge in [0.25, 0.3) is 11.8 Å². The third-order valence-electron chi connectivity index (χ3n) is 3.97. The number of rotatable bonds is 6. The number of carbonyl (C=O) groups excluding carboxylic acids is 2. The van der Waals surface area contributed by atoms with Gasteiger partial charge in [-0.05, 0) is 54.1 Å². The Labute approximate surface area is 167 Å². The number of ether oxygens (including phenoxy) is 1. The van der Waals surface area contributed by atoms with Crippen LogP contribution in [-0.4, -0.2) is 23.9 Å². The van der Waals surface area contributed by atoms with Gasteiger partial charge in [-0.3, -0.25) is 14.6 Å². The molecule has 0 spiro atoms. The highest BCUT2D eigenvalue weighted by molar-refractivity contribution is 6.30. The minimum absolute atomic E-state index is 0.148. The summed E-state index contributed by atoms with van der Waals surface area (Å²) in [6.07, 6.45) is 1.43. The van der Waals surface area contributed by atoms with Gasteiger partial charge in [0, 0.05) is 29.0 Å². The van der Waals surface area contributed by atoms with Crippen LogP contribution in [-0.2, 0) is 6.54 Å². The molecule has 2 N–H and O–H groups in total. The van der Waals surface area contributed by atoms with Gasteiger partial charge in [0.15, 0.2) is 0 Å². The molecule has 142 valence electrons. The van der Waals surface area contributed by atoms with E-state index in [1.165, 1.54) is 12.3 Å². The van der Waals surface area contributed by atoms with Gasteiger partial charge >= 0.3 is 0 Å². The van der Waals surface area contributed by atoms with E-state index in [0.29, 0.717) is 28.6 Å². The number of aromatic nitrogens is 1. The summed E-state index contributed by atoms with van der Waals surface area (Å²) < 4.78 is 5.09. The monoisotopic (exact) mass is 395 g/mol. The van der Waals surface area contributed by atoms with Crippen LogP contribution in [0, 0.1) is 0 Å². The maximum absolute atomic E-state index is 12.4. The Bertz CT molecular complexity index is 973. The van der Waals surface area contributed by atoms with Gasteiger partial charge in [0.2, 0.25) is 0 Å². The van der Waals surface area contributed by atoms with Crippen molar-refractivity contribution in [2.75, 3.05) is 12.4 Å². The number of amides is 2. The molecule has 0 unspecified atom stereocenters. The molecule has 3 rings (SSSR count). The lowest BCUT2D eigenvalue weighted by Gasteiger charge is -2.08. The minimum Gasteiger partial charge on any atom is -0.497 e. The predicted molar refractivity (Wildman–Crippen MR) is 108 cm³/mol. The van der Waals surface area contributed by atoms with Crippen LogP contribution in [0.1, 0.15) is 26.4 Å². The lowest BCUT2D eigenvalue weighted by atomic mass is 10.2. The van der Waals surface area contributed by atoms with Crippen molar-refractivity contribution in [3.05, 3.63) is 88.7 Å². The summed E-state index contributed by atoms with van der Waals surface area (Å²) in [6, 6.07) is 17.1. The Hall–Kier alpha value is -3.38. The first-order chi connectivity index (χ1) is 13.5. The normalized spacial score (nSPS) is 10.2. The molecule has 1 aromatic heterocycles. The molecule has 0 aliphatic rings. The molecule has 3 aromatic rings. The number of anilines is 1. The summed E-state index contributed by atoms with van der Waals surface area (Å²) in [4.78, 5) is 28.8. The van der Waals surface area contributed by atoms with Crippen molar-refractivity contribution in [2.45, 2.75) is 6.54 Å². The van der Waals surface area contributed by atoms with E-state index in [0.717, 1.165) is 5.56 Å². The third-order valence-corrected chi connectivity index (χ3v) is 4.22. The molecule has 6 nitrogen and oxygen atoms in total. The average molecular weight is 396 g/mol. The number of carbonyl (C=O) groups is 2. The van der Waals surface area contributed by atoms with Crippen molar-refractivity contribution in [2.24, 2.45) is 0 Å². The maximum atomic E-state index is 12.4. The molecule has 2 aromatic carbocycles. The number of methoxy groups -OCH3 is 1. The topological polar surface area (TPSA) is 80.3 Å². The molecule has 0 aliphatic carbocycles. The second-order valence-electron chi connectivity index (χ2n) is 5.92. The van der Waals surface area contributed by atoms with Crippen molar-refractivity contribution in [3.63, 3.8) is 0 Å². The third kappa shape index (κ3) is 5.08. The van der Waals surface area contributed by atoms with Gasteiger partial charge in [0.1, 0.15) is 11.4 Å². The van der Waals surface area contributed by atoms with E-state index in [9.17, 15) is 9.59 Å². The van der Waals surface area contributed by atoms with Gasteiger partial charge < -0.3 is 15.4 Å². The van der Waals surface area contributed by atoms with Crippen LogP contribution in [0.3, 0.4) is 0 Å². The molecular weight excluding hydrogens is 378 g/mol. The fourth-order valence-corrected chi connectivity index (χ4v) is 2.58. The Morgan fingerprint density at radius 2 is 1.71 bits per heavy atom. The van der Waals surface area contributed by atoms with Crippen molar-refractivity contribution in [3.8, 4) is 5.75 Å². The Morgan fingerprint density at radius 3 is 2.39 bits per heavy atom. The van der Waals surface area contributed by atoms with E-state index in [-0.39, 0.29) is 11.6 Å². The van der Waals surface area contributed by atoms with Crippen LogP contribution >= 0.6 is 11.6 Å². The summed E-state index contributed by atoms with van der Waals surface area (Å²) >= 11 is 5.85. The highest BCUT2D eigenvalue weighted by Gasteiger charge is 2.12. The number of nitrogens with one attached hydrogen (secondary N) is 2. The second kappa shape index (κ2) is 9.01. The van der Waals surface area contributed by atoms with Crippen LogP contribution < -0.4 is 15.4 Å². The van der Waals surface area contributed by atoms with E-state index in [1.54, 1.807) is 49.6 Å². The van der Waals surface area contributed by atoms with Crippen molar-refractivity contribution < 1.29 is 14.3 Å². The first-order valence-electron chi connectivity index (χ1n) is 8.49. The number of pyridine rings is 1. The summed E-state index contributed by atoms with van der Waals surface area (Å²) in [5.41, 5.74) is 2.02. The molecule has 1 heterocycles. The second-order valence-corrected chi connectivity index (χ2v) is 6.36. The van der Waals surface area contributed by atoms with Gasteiger partial charge in [-0.15, -0.1) is 0 Å². The average Bonchev–Trinajstić information content (AvgIpc) is 2.73. The summed E-state index contributed by atoms with van der Waals surface area (Å²) in [6.45, 7) is 0.353. The number of nitrogens with zero attached hydrogens (tertiary/aromatic N) is 1. The van der Waals surface area contributed by atoms with Crippen LogP contribution in [0.2, 0.25) is 5.02 Å². The van der Waals surface area contributed by atoms with Gasteiger partial charge in [-0.1, -0.05) is 23.7 Å². The van der Waals surface area contributed by atoms with Crippen molar-refractivity contribution >= 4 is 29.1 Å². The molecule has 0 fully saturated rings. The Morgan fingerprint density at radius 1 is 1.00 bits per heavy atom. The summed E-state index contributed by atoms with van der Waals surface area (Å²) in [5, 5.41) is 6.18. The molecular formula is C21H18ClN3O3. The van der Waals surface area contributed by atoms with E-state index >= 15 is 0 Å². The molecule has 2 amide bonds. The quantitative estimate of drug-likeness (QED) is 0.662. The fourth-order valence-electron chi connectivity index (χ4n) is 2.45. The van der Waals surface area contributed by atoms with E-state index in [1.807, 2.05) is 12.1 Å². The van der Waals surface area contributed by atoms with Gasteiger partial charge in [-0.25, -0.2) is 0 Å². The van der Waals surface area contributed by atoms with Crippen LogP contribution in [0.25, 0.3) is 0 Å². The number of halogens is 1. The fraction of sp³-hybridized carbons (Fsp3) is 0.0952. The van der Waals surface area contributed by atoms with E-state index in [4.69, 9.17) is 16.3 Å². The number of hydrogen-bond acceptors (Lipinski definition) is 4. The standard InChI is InChI=1S/C21H18ClN3O3/c1-28-18-8-6-17(7-9-18)25-21(27)19-12-15(10-11-23-19)20(26)24-13-14-2-4-16(22)5-3-14/h2-12H,13H2,1H3,(H,24,26)(H,25,27). The highest BCUT2D eigenvalue weighted by atomic mass is 35.5. The molecule has 0 aliphatic heterocycles. The van der Waals surface area contributed by atoms with Crippen molar-refractivity contribution in [1.82, 2.24) is 10.3 Å². The molecule has 28 heavy (non-hydrogen) atoms. The van der Waals surface area contributed by atoms with Crippen molar-refractivity contribution in [1.29, 1.82) is 0 Å². The number of benzene rings is 2. The zero-order valence-corrected chi connectivity index (χ0v) is 15.9. The maximum Gasteiger partial charge on any atom is 0.274 e. The summed E-state index contributed by atoms with van der Waals surface area (Å²) in [7, 11) is 1.57. The molecule has 0 saturated carbocycles. The van der Waals surface area contributed by atoms with Crippen LogP contribution in [0.15, 0.2) is 66.9 Å². The van der Waals surface area contributed by atoms with E-state index < -0.39 is 5.91 Å². The van der Waals surface area contributed by atoms with Crippen LogP contribution in [0.4, 0.5) is 5.69 Å².